The molecule has 8 nitrogen and oxygen atoms in total. The van der Waals surface area contributed by atoms with Gasteiger partial charge in [0, 0.05) is 32.0 Å². The van der Waals surface area contributed by atoms with Crippen molar-refractivity contribution in [1.29, 1.82) is 0 Å². The molecule has 0 aliphatic heterocycles. The van der Waals surface area contributed by atoms with Crippen LogP contribution < -0.4 is 10.2 Å². The van der Waals surface area contributed by atoms with Crippen molar-refractivity contribution in [3.05, 3.63) is 120 Å². The van der Waals surface area contributed by atoms with Crippen molar-refractivity contribution in [2.24, 2.45) is 0 Å². The zero-order valence-corrected chi connectivity index (χ0v) is 23.2. The summed E-state index contributed by atoms with van der Waals surface area (Å²) >= 11 is 0. The molecule has 1 N–H and O–H groups in total. The van der Waals surface area contributed by atoms with Crippen molar-refractivity contribution in [2.75, 3.05) is 24.3 Å². The summed E-state index contributed by atoms with van der Waals surface area (Å²) in [7, 11) is 3.87. The number of para-hydroxylation sites is 1. The Morgan fingerprint density at radius 1 is 0.902 bits per heavy atom. The van der Waals surface area contributed by atoms with Gasteiger partial charge in [-0.15, -0.1) is 5.10 Å². The minimum atomic E-state index is -1.05. The molecule has 0 spiro atoms. The van der Waals surface area contributed by atoms with Crippen LogP contribution in [0, 0.1) is 12.7 Å². The third kappa shape index (κ3) is 6.24. The minimum absolute atomic E-state index is 0.130. The van der Waals surface area contributed by atoms with E-state index in [2.05, 4.69) is 15.6 Å². The Morgan fingerprint density at radius 3 is 2.29 bits per heavy atom. The number of aromatic nitrogens is 3. The summed E-state index contributed by atoms with van der Waals surface area (Å²) < 4.78 is 15.5. The third-order valence-electron chi connectivity index (χ3n) is 7.02. The predicted octanol–water partition coefficient (Wildman–Crippen LogP) is 5.35. The quantitative estimate of drug-likeness (QED) is 0.267. The lowest BCUT2D eigenvalue weighted by Crippen LogP contribution is -2.42. The molecule has 9 heteroatoms. The normalized spacial score (nSPS) is 11.7. The van der Waals surface area contributed by atoms with E-state index in [0.29, 0.717) is 22.3 Å². The molecule has 0 aliphatic carbocycles. The van der Waals surface area contributed by atoms with Crippen LogP contribution in [-0.2, 0) is 22.7 Å². The molecule has 1 atom stereocenters. The maximum absolute atomic E-state index is 14.1. The first-order valence-corrected chi connectivity index (χ1v) is 13.3. The molecule has 4 aromatic carbocycles. The Balaban J connectivity index is 1.54. The number of hydrogen-bond donors (Lipinski definition) is 1. The van der Waals surface area contributed by atoms with Crippen LogP contribution in [0.15, 0.2) is 97.1 Å². The number of halogens is 1. The summed E-state index contributed by atoms with van der Waals surface area (Å²) in [4.78, 5) is 31.6. The topological polar surface area (TPSA) is 83.4 Å². The lowest BCUT2D eigenvalue weighted by atomic mass is 10.0. The second-order valence-electron chi connectivity index (χ2n) is 10.1. The van der Waals surface area contributed by atoms with Crippen LogP contribution in [0.4, 0.5) is 15.8 Å². The Kier molecular flexibility index (Phi) is 8.05. The number of anilines is 2. The number of aryl methyl sites for hydroxylation is 1. The minimum Gasteiger partial charge on any atom is -0.378 e. The van der Waals surface area contributed by atoms with Gasteiger partial charge in [-0.1, -0.05) is 53.7 Å². The number of nitrogens with zero attached hydrogens (tertiary/aromatic N) is 5. The molecule has 41 heavy (non-hydrogen) atoms. The monoisotopic (exact) mass is 550 g/mol. The lowest BCUT2D eigenvalue weighted by molar-refractivity contribution is -0.140. The van der Waals surface area contributed by atoms with Gasteiger partial charge in [-0.3, -0.25) is 9.59 Å². The van der Waals surface area contributed by atoms with Gasteiger partial charge in [0.25, 0.3) is 5.91 Å². The zero-order valence-electron chi connectivity index (χ0n) is 23.2. The molecular formula is C32H31FN6O2. The fourth-order valence-electron chi connectivity index (χ4n) is 4.72. The maximum Gasteiger partial charge on any atom is 0.251 e. The van der Waals surface area contributed by atoms with Crippen LogP contribution >= 0.6 is 0 Å². The molecule has 1 aromatic heterocycles. The van der Waals surface area contributed by atoms with Crippen molar-refractivity contribution >= 4 is 34.2 Å². The smallest absolute Gasteiger partial charge is 0.251 e. The molecule has 0 radical (unpaired) electrons. The van der Waals surface area contributed by atoms with E-state index >= 15 is 0 Å². The molecule has 0 saturated heterocycles. The number of amides is 2. The van der Waals surface area contributed by atoms with Gasteiger partial charge in [0.05, 0.1) is 5.52 Å². The van der Waals surface area contributed by atoms with E-state index < -0.39 is 17.8 Å². The predicted molar refractivity (Wildman–Crippen MR) is 158 cm³/mol. The standard InChI is InChI=1S/C32H31FN6O2/c1-22-8-4-5-9-24(22)20-38(30(40)21-39-29-11-7-6-10-28(29)35-36-39)31(23-12-14-25(33)15-13-23)32(41)34-26-16-18-27(19-17-26)37(2)3/h4-19,31H,20-21H2,1-3H3,(H,34,41). The van der Waals surface area contributed by atoms with Gasteiger partial charge in [0.1, 0.15) is 23.9 Å². The zero-order chi connectivity index (χ0) is 28.9. The van der Waals surface area contributed by atoms with Gasteiger partial charge in [0.15, 0.2) is 0 Å². The van der Waals surface area contributed by atoms with Crippen molar-refractivity contribution in [1.82, 2.24) is 19.9 Å². The molecule has 208 valence electrons. The SMILES string of the molecule is Cc1ccccc1CN(C(=O)Cn1nnc2ccccc21)C(C(=O)Nc1ccc(N(C)C)cc1)c1ccc(F)cc1. The summed E-state index contributed by atoms with van der Waals surface area (Å²) in [5, 5.41) is 11.3. The highest BCUT2D eigenvalue weighted by Gasteiger charge is 2.32. The van der Waals surface area contributed by atoms with Gasteiger partial charge in [-0.2, -0.15) is 0 Å². The first-order valence-electron chi connectivity index (χ1n) is 13.3. The van der Waals surface area contributed by atoms with Gasteiger partial charge < -0.3 is 15.1 Å². The van der Waals surface area contributed by atoms with Crippen LogP contribution in [0.5, 0.6) is 0 Å². The first-order chi connectivity index (χ1) is 19.8. The van der Waals surface area contributed by atoms with Crippen molar-refractivity contribution in [3.8, 4) is 0 Å². The molecule has 0 fully saturated rings. The number of nitrogens with one attached hydrogen (secondary N) is 1. The molecular weight excluding hydrogens is 519 g/mol. The Labute approximate surface area is 238 Å². The number of benzene rings is 4. The maximum atomic E-state index is 14.1. The average Bonchev–Trinajstić information content (AvgIpc) is 3.37. The van der Waals surface area contributed by atoms with Gasteiger partial charge in [0.2, 0.25) is 5.91 Å². The summed E-state index contributed by atoms with van der Waals surface area (Å²) in [6.45, 7) is 1.99. The van der Waals surface area contributed by atoms with E-state index in [9.17, 15) is 14.0 Å². The van der Waals surface area contributed by atoms with Crippen LogP contribution in [0.25, 0.3) is 11.0 Å². The average molecular weight is 551 g/mol. The van der Waals surface area contributed by atoms with E-state index in [-0.39, 0.29) is 19.0 Å². The number of hydrogen-bond acceptors (Lipinski definition) is 5. The molecule has 0 bridgehead atoms. The van der Waals surface area contributed by atoms with Crippen LogP contribution in [0.3, 0.4) is 0 Å². The Morgan fingerprint density at radius 2 is 1.59 bits per heavy atom. The highest BCUT2D eigenvalue weighted by atomic mass is 19.1. The van der Waals surface area contributed by atoms with Crippen molar-refractivity contribution < 1.29 is 14.0 Å². The third-order valence-corrected chi connectivity index (χ3v) is 7.02. The van der Waals surface area contributed by atoms with E-state index in [1.807, 2.05) is 98.7 Å². The highest BCUT2D eigenvalue weighted by molar-refractivity contribution is 5.98. The number of carbonyl (C=O) groups is 2. The van der Waals surface area contributed by atoms with Crippen molar-refractivity contribution in [3.63, 3.8) is 0 Å². The fraction of sp³-hybridized carbons (Fsp3) is 0.188. The molecule has 2 amide bonds. The van der Waals surface area contributed by atoms with Crippen LogP contribution in [-0.4, -0.2) is 45.8 Å². The number of carbonyl (C=O) groups excluding carboxylic acids is 2. The molecule has 0 aliphatic rings. The van der Waals surface area contributed by atoms with E-state index in [1.165, 1.54) is 33.8 Å². The Bertz CT molecular complexity index is 1660. The van der Waals surface area contributed by atoms with Crippen molar-refractivity contribution in [2.45, 2.75) is 26.1 Å². The first kappa shape index (κ1) is 27.5. The summed E-state index contributed by atoms with van der Waals surface area (Å²) in [6.07, 6.45) is 0. The second-order valence-corrected chi connectivity index (χ2v) is 10.1. The van der Waals surface area contributed by atoms with E-state index in [0.717, 1.165) is 16.8 Å². The largest absolute Gasteiger partial charge is 0.378 e. The lowest BCUT2D eigenvalue weighted by Gasteiger charge is -2.32. The van der Waals surface area contributed by atoms with Crippen LogP contribution in [0.2, 0.25) is 0 Å². The summed E-state index contributed by atoms with van der Waals surface area (Å²) in [5.74, 6) is -1.19. The fourth-order valence-corrected chi connectivity index (χ4v) is 4.72. The molecule has 5 aromatic rings. The Hall–Kier alpha value is -5.05. The highest BCUT2D eigenvalue weighted by Crippen LogP contribution is 2.28. The summed E-state index contributed by atoms with van der Waals surface area (Å²) in [5.41, 5.74) is 5.29. The number of fused-ring (bicyclic) bond motifs is 1. The van der Waals surface area contributed by atoms with Crippen LogP contribution in [0.1, 0.15) is 22.7 Å². The van der Waals surface area contributed by atoms with E-state index in [4.69, 9.17) is 0 Å². The molecule has 5 rings (SSSR count). The molecule has 1 unspecified atom stereocenters. The molecule has 1 heterocycles. The van der Waals surface area contributed by atoms with Gasteiger partial charge in [-0.25, -0.2) is 9.07 Å². The molecule has 0 saturated carbocycles. The summed E-state index contributed by atoms with van der Waals surface area (Å²) in [6, 6.07) is 27.1. The second kappa shape index (κ2) is 12.0. The van der Waals surface area contributed by atoms with Gasteiger partial charge >= 0.3 is 0 Å². The van der Waals surface area contributed by atoms with E-state index in [1.54, 1.807) is 0 Å². The number of rotatable bonds is 9. The van der Waals surface area contributed by atoms with Gasteiger partial charge in [-0.05, 0) is 72.1 Å².